The first-order valence-electron chi connectivity index (χ1n) is 11.2. The number of methoxy groups -OCH3 is 1. The molecule has 7 heteroatoms. The van der Waals surface area contributed by atoms with Crippen molar-refractivity contribution in [1.82, 2.24) is 9.55 Å². The Labute approximate surface area is 203 Å². The minimum atomic E-state index is -0.623. The fraction of sp³-hybridized carbons (Fsp3) is 0.222. The maximum absolute atomic E-state index is 13.6. The number of thioether (sulfide) groups is 1. The van der Waals surface area contributed by atoms with Crippen molar-refractivity contribution < 1.29 is 9.53 Å². The van der Waals surface area contributed by atoms with Gasteiger partial charge in [-0.15, -0.1) is 0 Å². The summed E-state index contributed by atoms with van der Waals surface area (Å²) in [6.45, 7) is 4.50. The van der Waals surface area contributed by atoms with E-state index in [1.165, 1.54) is 11.8 Å². The molecular weight excluding hydrogens is 446 g/mol. The number of carbonyl (C=O) groups excluding carboxylic acids is 1. The van der Waals surface area contributed by atoms with Crippen LogP contribution in [0.5, 0.6) is 5.75 Å². The summed E-state index contributed by atoms with van der Waals surface area (Å²) in [5, 5.41) is 3.50. The SMILES string of the molecule is CCCn1c(S[C@H](C(=O)Nc2cc(C)ccc2OC)c2ccccc2)nc2ccccc2c1=O. The van der Waals surface area contributed by atoms with Crippen LogP contribution in [-0.2, 0) is 11.3 Å². The van der Waals surface area contributed by atoms with E-state index < -0.39 is 5.25 Å². The molecule has 0 unspecified atom stereocenters. The first-order valence-corrected chi connectivity index (χ1v) is 12.1. The zero-order valence-corrected chi connectivity index (χ0v) is 20.3. The average Bonchev–Trinajstić information content (AvgIpc) is 2.85. The van der Waals surface area contributed by atoms with Crippen molar-refractivity contribution in [2.24, 2.45) is 0 Å². The molecule has 4 rings (SSSR count). The number of aryl methyl sites for hydroxylation is 1. The molecule has 0 fully saturated rings. The normalized spacial score (nSPS) is 11.9. The first-order chi connectivity index (χ1) is 16.5. The monoisotopic (exact) mass is 473 g/mol. The van der Waals surface area contributed by atoms with Gasteiger partial charge in [0.25, 0.3) is 5.56 Å². The molecule has 0 bridgehead atoms. The van der Waals surface area contributed by atoms with E-state index in [4.69, 9.17) is 9.72 Å². The number of rotatable bonds is 8. The number of anilines is 1. The van der Waals surface area contributed by atoms with Gasteiger partial charge in [0.05, 0.1) is 23.7 Å². The lowest BCUT2D eigenvalue weighted by Gasteiger charge is -2.20. The number of amides is 1. The quantitative estimate of drug-likeness (QED) is 0.267. The molecule has 1 atom stereocenters. The molecule has 0 radical (unpaired) electrons. The molecule has 0 aliphatic rings. The molecule has 0 saturated heterocycles. The van der Waals surface area contributed by atoms with E-state index in [-0.39, 0.29) is 11.5 Å². The van der Waals surface area contributed by atoms with Crippen LogP contribution in [-0.4, -0.2) is 22.6 Å². The fourth-order valence-electron chi connectivity index (χ4n) is 3.78. The van der Waals surface area contributed by atoms with Gasteiger partial charge in [0.1, 0.15) is 11.0 Å². The van der Waals surface area contributed by atoms with Gasteiger partial charge in [0.2, 0.25) is 5.91 Å². The maximum atomic E-state index is 13.6. The summed E-state index contributed by atoms with van der Waals surface area (Å²) in [6, 6.07) is 22.5. The minimum Gasteiger partial charge on any atom is -0.495 e. The summed E-state index contributed by atoms with van der Waals surface area (Å²) >= 11 is 1.28. The van der Waals surface area contributed by atoms with Crippen LogP contribution in [0.1, 0.15) is 29.7 Å². The van der Waals surface area contributed by atoms with Crippen molar-refractivity contribution in [3.05, 3.63) is 94.3 Å². The van der Waals surface area contributed by atoms with Crippen molar-refractivity contribution in [2.75, 3.05) is 12.4 Å². The predicted molar refractivity (Wildman–Crippen MR) is 138 cm³/mol. The van der Waals surface area contributed by atoms with Gasteiger partial charge in [-0.2, -0.15) is 0 Å². The molecular formula is C27H27N3O3S. The highest BCUT2D eigenvalue weighted by atomic mass is 32.2. The number of ether oxygens (including phenoxy) is 1. The van der Waals surface area contributed by atoms with Gasteiger partial charge < -0.3 is 10.1 Å². The molecule has 174 valence electrons. The maximum Gasteiger partial charge on any atom is 0.262 e. The Morgan fingerprint density at radius 1 is 1.09 bits per heavy atom. The Kier molecular flexibility index (Phi) is 7.33. The third kappa shape index (κ3) is 4.99. The van der Waals surface area contributed by atoms with Gasteiger partial charge in [-0.1, -0.05) is 67.2 Å². The molecule has 0 spiro atoms. The summed E-state index contributed by atoms with van der Waals surface area (Å²) in [4.78, 5) is 31.6. The number of carbonyl (C=O) groups is 1. The Bertz CT molecular complexity index is 1370. The van der Waals surface area contributed by atoms with Crippen molar-refractivity contribution in [2.45, 2.75) is 37.2 Å². The molecule has 1 amide bonds. The van der Waals surface area contributed by atoms with E-state index in [0.717, 1.165) is 17.5 Å². The molecule has 1 N–H and O–H groups in total. The summed E-state index contributed by atoms with van der Waals surface area (Å²) in [5.74, 6) is 0.369. The second-order valence-electron chi connectivity index (χ2n) is 7.97. The lowest BCUT2D eigenvalue weighted by molar-refractivity contribution is -0.115. The highest BCUT2D eigenvalue weighted by molar-refractivity contribution is 8.00. The Hall–Kier alpha value is -3.58. The number of fused-ring (bicyclic) bond motifs is 1. The van der Waals surface area contributed by atoms with Crippen LogP contribution in [0, 0.1) is 6.92 Å². The minimum absolute atomic E-state index is 0.0949. The fourth-order valence-corrected chi connectivity index (χ4v) is 4.90. The second kappa shape index (κ2) is 10.6. The van der Waals surface area contributed by atoms with E-state index in [0.29, 0.717) is 34.0 Å². The Balaban J connectivity index is 1.77. The first kappa shape index (κ1) is 23.6. The van der Waals surface area contributed by atoms with E-state index in [1.807, 2.05) is 80.6 Å². The largest absolute Gasteiger partial charge is 0.495 e. The van der Waals surface area contributed by atoms with Gasteiger partial charge in [-0.05, 0) is 48.7 Å². The van der Waals surface area contributed by atoms with Gasteiger partial charge in [-0.25, -0.2) is 4.98 Å². The van der Waals surface area contributed by atoms with Crippen molar-refractivity contribution in [3.63, 3.8) is 0 Å². The molecule has 3 aromatic carbocycles. The predicted octanol–water partition coefficient (Wildman–Crippen LogP) is 5.60. The Morgan fingerprint density at radius 3 is 2.56 bits per heavy atom. The molecule has 34 heavy (non-hydrogen) atoms. The van der Waals surface area contributed by atoms with Gasteiger partial charge in [-0.3, -0.25) is 14.2 Å². The standard InChI is InChI=1S/C27H27N3O3S/c1-4-16-30-26(32)20-12-8-9-13-21(20)29-27(30)34-24(19-10-6-5-7-11-19)25(31)28-22-17-18(2)14-15-23(22)33-3/h5-15,17,24H,4,16H2,1-3H3,(H,28,31)/t24-/m0/s1. The van der Waals surface area contributed by atoms with E-state index >= 15 is 0 Å². The summed E-state index contributed by atoms with van der Waals surface area (Å²) in [6.07, 6.45) is 0.774. The average molecular weight is 474 g/mol. The third-order valence-electron chi connectivity index (χ3n) is 5.45. The number of aromatic nitrogens is 2. The Morgan fingerprint density at radius 2 is 1.82 bits per heavy atom. The topological polar surface area (TPSA) is 73.2 Å². The van der Waals surface area contributed by atoms with Gasteiger partial charge in [0.15, 0.2) is 5.16 Å². The van der Waals surface area contributed by atoms with E-state index in [2.05, 4.69) is 5.32 Å². The molecule has 1 heterocycles. The number of para-hydroxylation sites is 1. The number of nitrogens with zero attached hydrogens (tertiary/aromatic N) is 2. The van der Waals surface area contributed by atoms with Crippen molar-refractivity contribution in [1.29, 1.82) is 0 Å². The van der Waals surface area contributed by atoms with Crippen LogP contribution in [0.15, 0.2) is 82.7 Å². The molecule has 0 saturated carbocycles. The summed E-state index contributed by atoms with van der Waals surface area (Å²) in [7, 11) is 1.58. The zero-order chi connectivity index (χ0) is 24.1. The number of hydrogen-bond acceptors (Lipinski definition) is 5. The molecule has 0 aliphatic carbocycles. The molecule has 0 aliphatic heterocycles. The highest BCUT2D eigenvalue weighted by Gasteiger charge is 2.26. The molecule has 6 nitrogen and oxygen atoms in total. The smallest absolute Gasteiger partial charge is 0.262 e. The van der Waals surface area contributed by atoms with E-state index in [1.54, 1.807) is 17.7 Å². The van der Waals surface area contributed by atoms with Crippen molar-refractivity contribution >= 4 is 34.3 Å². The van der Waals surface area contributed by atoms with Crippen LogP contribution < -0.4 is 15.6 Å². The van der Waals surface area contributed by atoms with Crippen LogP contribution in [0.2, 0.25) is 0 Å². The lowest BCUT2D eigenvalue weighted by Crippen LogP contribution is -2.25. The number of hydrogen-bond donors (Lipinski definition) is 1. The van der Waals surface area contributed by atoms with Gasteiger partial charge >= 0.3 is 0 Å². The second-order valence-corrected chi connectivity index (χ2v) is 9.04. The van der Waals surface area contributed by atoms with Crippen LogP contribution >= 0.6 is 11.8 Å². The number of benzene rings is 3. The van der Waals surface area contributed by atoms with Crippen LogP contribution in [0.25, 0.3) is 10.9 Å². The van der Waals surface area contributed by atoms with Crippen LogP contribution in [0.3, 0.4) is 0 Å². The van der Waals surface area contributed by atoms with Crippen LogP contribution in [0.4, 0.5) is 5.69 Å². The van der Waals surface area contributed by atoms with Gasteiger partial charge in [0, 0.05) is 6.54 Å². The van der Waals surface area contributed by atoms with E-state index in [9.17, 15) is 9.59 Å². The number of nitrogens with one attached hydrogen (secondary N) is 1. The zero-order valence-electron chi connectivity index (χ0n) is 19.4. The molecule has 4 aromatic rings. The lowest BCUT2D eigenvalue weighted by atomic mass is 10.1. The van der Waals surface area contributed by atoms with Crippen molar-refractivity contribution in [3.8, 4) is 5.75 Å². The third-order valence-corrected chi connectivity index (χ3v) is 6.69. The highest BCUT2D eigenvalue weighted by Crippen LogP contribution is 2.36. The summed E-state index contributed by atoms with van der Waals surface area (Å²) < 4.78 is 7.11. The summed E-state index contributed by atoms with van der Waals surface area (Å²) in [5.41, 5.74) is 2.96. The molecule has 1 aromatic heterocycles.